The lowest BCUT2D eigenvalue weighted by molar-refractivity contribution is -0.128. The number of aromatic nitrogens is 1. The highest BCUT2D eigenvalue weighted by molar-refractivity contribution is 6.31. The number of carbonyl (C=O) groups excluding carboxylic acids is 2. The Labute approximate surface area is 202 Å². The molecule has 0 radical (unpaired) electrons. The van der Waals surface area contributed by atoms with Crippen LogP contribution in [0.2, 0.25) is 5.02 Å². The van der Waals surface area contributed by atoms with Crippen LogP contribution in [0.3, 0.4) is 0 Å². The summed E-state index contributed by atoms with van der Waals surface area (Å²) in [6.45, 7) is 0.139. The molecule has 1 amide bonds. The summed E-state index contributed by atoms with van der Waals surface area (Å²) in [5.41, 5.74) is 0.894. The van der Waals surface area contributed by atoms with Crippen LogP contribution >= 0.6 is 11.6 Å². The van der Waals surface area contributed by atoms with Gasteiger partial charge in [-0.3, -0.25) is 4.79 Å². The van der Waals surface area contributed by atoms with Crippen LogP contribution in [0.25, 0.3) is 10.9 Å². The monoisotopic (exact) mass is 484 g/mol. The Morgan fingerprint density at radius 3 is 2.53 bits per heavy atom. The predicted molar refractivity (Wildman–Crippen MR) is 128 cm³/mol. The van der Waals surface area contributed by atoms with Crippen LogP contribution in [0, 0.1) is 5.82 Å². The highest BCUT2D eigenvalue weighted by Crippen LogP contribution is 2.41. The highest BCUT2D eigenvalue weighted by Gasteiger charge is 2.42. The number of rotatable bonds is 6. The van der Waals surface area contributed by atoms with E-state index in [0.717, 1.165) is 19.3 Å². The largest absolute Gasteiger partial charge is 0.480 e. The smallest absolute Gasteiger partial charge is 0.343 e. The molecule has 0 spiro atoms. The van der Waals surface area contributed by atoms with E-state index >= 15 is 0 Å². The third-order valence-corrected chi connectivity index (χ3v) is 6.71. The molecule has 0 unspecified atom stereocenters. The molecule has 0 aliphatic heterocycles. The predicted octanol–water partition coefficient (Wildman–Crippen LogP) is 5.34. The molecule has 4 rings (SSSR count). The zero-order valence-electron chi connectivity index (χ0n) is 19.1. The molecule has 0 bridgehead atoms. The van der Waals surface area contributed by atoms with Crippen molar-refractivity contribution < 1.29 is 23.5 Å². The maximum absolute atomic E-state index is 14.8. The first-order valence-corrected chi connectivity index (χ1v) is 11.6. The van der Waals surface area contributed by atoms with E-state index in [9.17, 15) is 14.0 Å². The van der Waals surface area contributed by atoms with Crippen molar-refractivity contribution in [3.8, 4) is 5.88 Å². The van der Waals surface area contributed by atoms with E-state index in [-0.39, 0.29) is 29.7 Å². The molecule has 1 saturated carbocycles. The van der Waals surface area contributed by atoms with Crippen molar-refractivity contribution in [1.82, 2.24) is 10.3 Å². The number of methoxy groups -OCH3 is 2. The van der Waals surface area contributed by atoms with Crippen LogP contribution in [0.15, 0.2) is 42.5 Å². The van der Waals surface area contributed by atoms with Gasteiger partial charge in [-0.2, -0.15) is 0 Å². The molecular weight excluding hydrogens is 459 g/mol. The molecule has 1 aliphatic rings. The van der Waals surface area contributed by atoms with Gasteiger partial charge in [0.1, 0.15) is 11.4 Å². The van der Waals surface area contributed by atoms with Crippen LogP contribution in [0.4, 0.5) is 4.39 Å². The van der Waals surface area contributed by atoms with Gasteiger partial charge in [-0.1, -0.05) is 49.1 Å². The molecule has 1 fully saturated rings. The van der Waals surface area contributed by atoms with Gasteiger partial charge in [-0.05, 0) is 42.7 Å². The van der Waals surface area contributed by atoms with Gasteiger partial charge >= 0.3 is 5.97 Å². The summed E-state index contributed by atoms with van der Waals surface area (Å²) in [7, 11) is 2.70. The topological polar surface area (TPSA) is 77.5 Å². The number of benzene rings is 2. The Kier molecular flexibility index (Phi) is 7.03. The molecule has 34 heavy (non-hydrogen) atoms. The number of esters is 1. The van der Waals surface area contributed by atoms with Crippen molar-refractivity contribution in [3.63, 3.8) is 0 Å². The van der Waals surface area contributed by atoms with E-state index in [4.69, 9.17) is 21.1 Å². The van der Waals surface area contributed by atoms with E-state index in [1.807, 2.05) is 0 Å². The van der Waals surface area contributed by atoms with E-state index in [1.54, 1.807) is 36.4 Å². The number of nitrogens with one attached hydrogen (secondary N) is 1. The minimum Gasteiger partial charge on any atom is -0.480 e. The van der Waals surface area contributed by atoms with E-state index < -0.39 is 11.4 Å². The molecule has 8 heteroatoms. The molecule has 0 atom stereocenters. The molecule has 1 N–H and O–H groups in total. The number of hydrogen-bond donors (Lipinski definition) is 1. The summed E-state index contributed by atoms with van der Waals surface area (Å²) < 4.78 is 24.9. The quantitative estimate of drug-likeness (QED) is 0.478. The Hall–Kier alpha value is -3.19. The zero-order valence-corrected chi connectivity index (χ0v) is 19.9. The van der Waals surface area contributed by atoms with Crippen molar-refractivity contribution in [1.29, 1.82) is 0 Å². The minimum absolute atomic E-state index is 0.115. The maximum Gasteiger partial charge on any atom is 0.343 e. The number of hydrogen-bond acceptors (Lipinski definition) is 5. The number of carbonyl (C=O) groups is 2. The lowest BCUT2D eigenvalue weighted by atomic mass is 9.68. The Balaban J connectivity index is 1.69. The van der Waals surface area contributed by atoms with Crippen LogP contribution in [0.5, 0.6) is 5.88 Å². The number of amides is 1. The number of halogens is 2. The average Bonchev–Trinajstić information content (AvgIpc) is 2.86. The zero-order chi connectivity index (χ0) is 24.3. The number of pyridine rings is 1. The summed E-state index contributed by atoms with van der Waals surface area (Å²) in [5, 5.41) is 4.05. The lowest BCUT2D eigenvalue weighted by Gasteiger charge is -2.36. The summed E-state index contributed by atoms with van der Waals surface area (Å²) in [6.07, 6.45) is 3.91. The second-order valence-electron chi connectivity index (χ2n) is 8.48. The van der Waals surface area contributed by atoms with Gasteiger partial charge in [-0.15, -0.1) is 0 Å². The van der Waals surface area contributed by atoms with E-state index in [1.165, 1.54) is 20.3 Å². The number of nitrogens with zero attached hydrogens (tertiary/aromatic N) is 1. The summed E-state index contributed by atoms with van der Waals surface area (Å²) in [5.74, 6) is -1.05. The van der Waals surface area contributed by atoms with Crippen LogP contribution in [-0.2, 0) is 21.5 Å². The maximum atomic E-state index is 14.8. The Morgan fingerprint density at radius 1 is 1.12 bits per heavy atom. The number of fused-ring (bicyclic) bond motifs is 1. The molecule has 6 nitrogen and oxygen atoms in total. The van der Waals surface area contributed by atoms with Gasteiger partial charge in [-0.25, -0.2) is 14.2 Å². The van der Waals surface area contributed by atoms with Crippen molar-refractivity contribution >= 4 is 34.4 Å². The molecule has 178 valence electrons. The van der Waals surface area contributed by atoms with Crippen molar-refractivity contribution in [2.45, 2.75) is 44.1 Å². The van der Waals surface area contributed by atoms with Gasteiger partial charge in [0.05, 0.1) is 25.2 Å². The fraction of sp³-hybridized carbons (Fsp3) is 0.346. The second kappa shape index (κ2) is 9.97. The van der Waals surface area contributed by atoms with Crippen LogP contribution in [0.1, 0.15) is 53.6 Å². The first-order valence-electron chi connectivity index (χ1n) is 11.2. The van der Waals surface area contributed by atoms with Gasteiger partial charge < -0.3 is 14.8 Å². The Bertz CT molecular complexity index is 1240. The fourth-order valence-electron chi connectivity index (χ4n) is 4.82. The first kappa shape index (κ1) is 24.0. The van der Waals surface area contributed by atoms with E-state index in [2.05, 4.69) is 10.3 Å². The molecule has 1 aliphatic carbocycles. The standard InChI is InChI=1S/C26H26ClFN2O4/c1-33-23-19(24(31)34-2)14-16-12-18(27)13-17(22(16)30-23)15-29-25(32)26(10-6-3-7-11-26)20-8-4-5-9-21(20)28/h4-5,8-9,12-14H,3,6-7,10-11,15H2,1-2H3,(H,29,32). The summed E-state index contributed by atoms with van der Waals surface area (Å²) in [6, 6.07) is 11.5. The third-order valence-electron chi connectivity index (χ3n) is 6.50. The molecule has 2 aromatic carbocycles. The van der Waals surface area contributed by atoms with Gasteiger partial charge in [0.25, 0.3) is 0 Å². The SMILES string of the molecule is COC(=O)c1cc2cc(Cl)cc(CNC(=O)C3(c4ccccc4F)CCCCC3)c2nc1OC. The lowest BCUT2D eigenvalue weighted by Crippen LogP contribution is -2.46. The average molecular weight is 485 g/mol. The summed E-state index contributed by atoms with van der Waals surface area (Å²) >= 11 is 6.33. The van der Waals surface area contributed by atoms with Gasteiger partial charge in [0.15, 0.2) is 0 Å². The van der Waals surface area contributed by atoms with Gasteiger partial charge in [0.2, 0.25) is 11.8 Å². The van der Waals surface area contributed by atoms with Crippen LogP contribution < -0.4 is 10.1 Å². The number of ether oxygens (including phenoxy) is 2. The van der Waals surface area contributed by atoms with Crippen molar-refractivity contribution in [3.05, 3.63) is 70.0 Å². The Morgan fingerprint density at radius 2 is 1.85 bits per heavy atom. The fourth-order valence-corrected chi connectivity index (χ4v) is 5.07. The van der Waals surface area contributed by atoms with Crippen molar-refractivity contribution in [2.24, 2.45) is 0 Å². The molecule has 0 saturated heterocycles. The molecular formula is C26H26ClFN2O4. The normalized spacial score (nSPS) is 15.1. The second-order valence-corrected chi connectivity index (χ2v) is 8.92. The summed E-state index contributed by atoms with van der Waals surface area (Å²) in [4.78, 5) is 30.2. The van der Waals surface area contributed by atoms with E-state index in [0.29, 0.717) is 39.9 Å². The molecule has 3 aromatic rings. The third kappa shape index (κ3) is 4.44. The first-order chi connectivity index (χ1) is 16.4. The minimum atomic E-state index is -0.916. The molecule has 1 aromatic heterocycles. The molecule has 1 heterocycles. The highest BCUT2D eigenvalue weighted by atomic mass is 35.5. The van der Waals surface area contributed by atoms with Gasteiger partial charge in [0, 0.05) is 22.5 Å². The van der Waals surface area contributed by atoms with Crippen LogP contribution in [-0.4, -0.2) is 31.1 Å². The van der Waals surface area contributed by atoms with Crippen molar-refractivity contribution in [2.75, 3.05) is 14.2 Å².